The largest absolute Gasteiger partial charge is 0.392 e. The smallest absolute Gasteiger partial charge is 0.0629 e. The minimum Gasteiger partial charge on any atom is -0.392 e. The molecule has 0 spiro atoms. The van der Waals surface area contributed by atoms with Crippen LogP contribution in [-0.4, -0.2) is 22.4 Å². The van der Waals surface area contributed by atoms with Crippen LogP contribution in [0.4, 0.5) is 0 Å². The number of hydrogen-bond acceptors (Lipinski definition) is 2. The van der Waals surface area contributed by atoms with Crippen molar-refractivity contribution in [2.75, 3.05) is 0 Å². The third-order valence-corrected chi connectivity index (χ3v) is 4.93. The summed E-state index contributed by atoms with van der Waals surface area (Å²) in [5.74, 6) is 0. The van der Waals surface area contributed by atoms with Crippen molar-refractivity contribution in [3.05, 3.63) is 47.5 Å². The van der Waals surface area contributed by atoms with Crippen LogP contribution in [0.15, 0.2) is 36.4 Å². The fourth-order valence-corrected chi connectivity index (χ4v) is 2.83. The van der Waals surface area contributed by atoms with Gasteiger partial charge in [0.25, 0.3) is 0 Å². The number of fused-ring (bicyclic) bond motifs is 1. The van der Waals surface area contributed by atoms with Crippen molar-refractivity contribution >= 4 is 10.8 Å². The second kappa shape index (κ2) is 6.85. The lowest BCUT2D eigenvalue weighted by Gasteiger charge is -2.27. The summed E-state index contributed by atoms with van der Waals surface area (Å²) in [5, 5.41) is 23.3. The molecule has 0 saturated heterocycles. The number of hydrogen-bond donors (Lipinski definition) is 2. The van der Waals surface area contributed by atoms with Crippen LogP contribution < -0.4 is 0 Å². The van der Waals surface area contributed by atoms with Gasteiger partial charge in [0.05, 0.1) is 12.2 Å². The van der Waals surface area contributed by atoms with Crippen LogP contribution in [-0.2, 0) is 12.8 Å². The van der Waals surface area contributed by atoms with Crippen LogP contribution in [0.5, 0.6) is 0 Å². The van der Waals surface area contributed by atoms with E-state index in [0.717, 1.165) is 0 Å². The molecule has 2 unspecified atom stereocenters. The molecule has 0 fully saturated rings. The van der Waals surface area contributed by atoms with Crippen LogP contribution in [0.1, 0.15) is 52.7 Å². The Labute approximate surface area is 146 Å². The Morgan fingerprint density at radius 3 is 1.29 bits per heavy atom. The van der Waals surface area contributed by atoms with Gasteiger partial charge in [-0.05, 0) is 45.6 Å². The van der Waals surface area contributed by atoms with Gasteiger partial charge in [0.2, 0.25) is 0 Å². The molecule has 2 nitrogen and oxygen atoms in total. The van der Waals surface area contributed by atoms with Crippen LogP contribution in [0.2, 0.25) is 0 Å². The van der Waals surface area contributed by atoms with Gasteiger partial charge in [-0.15, -0.1) is 0 Å². The third kappa shape index (κ3) is 4.37. The summed E-state index contributed by atoms with van der Waals surface area (Å²) < 4.78 is 0. The zero-order valence-electron chi connectivity index (χ0n) is 15.9. The van der Waals surface area contributed by atoms with Gasteiger partial charge in [0.1, 0.15) is 0 Å². The van der Waals surface area contributed by atoms with E-state index >= 15 is 0 Å². The Balaban J connectivity index is 2.39. The molecule has 0 aliphatic carbocycles. The zero-order valence-corrected chi connectivity index (χ0v) is 15.9. The molecule has 0 bridgehead atoms. The fourth-order valence-electron chi connectivity index (χ4n) is 2.83. The van der Waals surface area contributed by atoms with E-state index in [1.807, 2.05) is 0 Å². The first-order valence-electron chi connectivity index (χ1n) is 8.86. The number of aliphatic hydroxyl groups excluding tert-OH is 2. The summed E-state index contributed by atoms with van der Waals surface area (Å²) in [5.41, 5.74) is 2.06. The lowest BCUT2D eigenvalue weighted by atomic mass is 9.82. The Morgan fingerprint density at radius 2 is 1.00 bits per heavy atom. The third-order valence-electron chi connectivity index (χ3n) is 4.93. The topological polar surface area (TPSA) is 40.5 Å². The molecule has 0 amide bonds. The van der Waals surface area contributed by atoms with Crippen molar-refractivity contribution in [2.45, 2.75) is 66.6 Å². The Bertz CT molecular complexity index is 628. The molecule has 24 heavy (non-hydrogen) atoms. The van der Waals surface area contributed by atoms with E-state index < -0.39 is 0 Å². The van der Waals surface area contributed by atoms with Crippen molar-refractivity contribution in [3.63, 3.8) is 0 Å². The molecule has 2 heteroatoms. The Kier molecular flexibility index (Phi) is 5.41. The highest BCUT2D eigenvalue weighted by Crippen LogP contribution is 2.30. The second-order valence-electron chi connectivity index (χ2n) is 9.10. The maximum Gasteiger partial charge on any atom is 0.0629 e. The van der Waals surface area contributed by atoms with Gasteiger partial charge >= 0.3 is 0 Å². The molecule has 2 rings (SSSR count). The van der Waals surface area contributed by atoms with E-state index in [2.05, 4.69) is 77.9 Å². The molecule has 0 heterocycles. The van der Waals surface area contributed by atoms with Crippen LogP contribution in [0, 0.1) is 10.8 Å². The van der Waals surface area contributed by atoms with E-state index in [0.29, 0.717) is 12.8 Å². The minimum atomic E-state index is -0.382. The molecule has 2 aromatic rings. The molecule has 132 valence electrons. The summed E-state index contributed by atoms with van der Waals surface area (Å²) in [6.45, 7) is 12.4. The maximum atomic E-state index is 10.5. The second-order valence-corrected chi connectivity index (χ2v) is 9.10. The van der Waals surface area contributed by atoms with Crippen LogP contribution >= 0.6 is 0 Å². The average Bonchev–Trinajstić information content (AvgIpc) is 2.46. The highest BCUT2D eigenvalue weighted by Gasteiger charge is 2.24. The van der Waals surface area contributed by atoms with E-state index in [1.54, 1.807) is 0 Å². The Morgan fingerprint density at radius 1 is 0.667 bits per heavy atom. The first-order valence-corrected chi connectivity index (χ1v) is 8.86. The van der Waals surface area contributed by atoms with Crippen molar-refractivity contribution in [1.29, 1.82) is 0 Å². The zero-order chi connectivity index (χ0) is 18.1. The summed E-state index contributed by atoms with van der Waals surface area (Å²) in [7, 11) is 0. The van der Waals surface area contributed by atoms with Crippen molar-refractivity contribution in [2.24, 2.45) is 10.8 Å². The standard InChI is InChI=1S/C22H32O2/c1-21(2,3)19(23)13-15-9-7-12-18-16(10-8-11-17(15)18)14-20(24)22(4,5)6/h7-12,19-20,23-24H,13-14H2,1-6H3. The van der Waals surface area contributed by atoms with Gasteiger partial charge in [-0.25, -0.2) is 0 Å². The fraction of sp³-hybridized carbons (Fsp3) is 0.545. The minimum absolute atomic E-state index is 0.137. The molecule has 2 N–H and O–H groups in total. The molecular weight excluding hydrogens is 296 g/mol. The lowest BCUT2D eigenvalue weighted by molar-refractivity contribution is 0.0636. The van der Waals surface area contributed by atoms with Gasteiger partial charge in [0.15, 0.2) is 0 Å². The molecule has 0 aliphatic heterocycles. The van der Waals surface area contributed by atoms with E-state index in [9.17, 15) is 10.2 Å². The van der Waals surface area contributed by atoms with Crippen LogP contribution in [0.3, 0.4) is 0 Å². The summed E-state index contributed by atoms with van der Waals surface area (Å²) >= 11 is 0. The number of aliphatic hydroxyl groups is 2. The summed E-state index contributed by atoms with van der Waals surface area (Å²) in [6, 6.07) is 12.5. The van der Waals surface area contributed by atoms with Gasteiger partial charge in [-0.2, -0.15) is 0 Å². The van der Waals surface area contributed by atoms with Gasteiger partial charge < -0.3 is 10.2 Å². The first kappa shape index (κ1) is 19.0. The molecule has 0 aliphatic rings. The molecule has 2 aromatic carbocycles. The highest BCUT2D eigenvalue weighted by atomic mass is 16.3. The number of rotatable bonds is 4. The van der Waals surface area contributed by atoms with Crippen molar-refractivity contribution in [3.8, 4) is 0 Å². The molecular formula is C22H32O2. The van der Waals surface area contributed by atoms with Gasteiger partial charge in [-0.3, -0.25) is 0 Å². The van der Waals surface area contributed by atoms with E-state index in [1.165, 1.54) is 21.9 Å². The van der Waals surface area contributed by atoms with Gasteiger partial charge in [-0.1, -0.05) is 77.9 Å². The summed E-state index contributed by atoms with van der Waals surface area (Å²) in [6.07, 6.45) is 0.525. The Hall–Kier alpha value is -1.38. The van der Waals surface area contributed by atoms with E-state index in [4.69, 9.17) is 0 Å². The highest BCUT2D eigenvalue weighted by molar-refractivity contribution is 5.88. The molecule has 2 atom stereocenters. The molecule has 0 aromatic heterocycles. The number of benzene rings is 2. The normalized spacial score (nSPS) is 15.5. The predicted octanol–water partition coefficient (Wildman–Crippen LogP) is 4.74. The van der Waals surface area contributed by atoms with Crippen molar-refractivity contribution < 1.29 is 10.2 Å². The molecule has 0 radical (unpaired) electrons. The van der Waals surface area contributed by atoms with Gasteiger partial charge in [0, 0.05) is 0 Å². The SMILES string of the molecule is CC(C)(C)C(O)Cc1cccc2c(CC(O)C(C)(C)C)cccc12. The summed E-state index contributed by atoms with van der Waals surface area (Å²) in [4.78, 5) is 0. The first-order chi connectivity index (χ1) is 11.0. The van der Waals surface area contributed by atoms with E-state index in [-0.39, 0.29) is 23.0 Å². The average molecular weight is 328 g/mol. The van der Waals surface area contributed by atoms with Crippen molar-refractivity contribution in [1.82, 2.24) is 0 Å². The molecule has 0 saturated carbocycles. The maximum absolute atomic E-state index is 10.5. The quantitative estimate of drug-likeness (QED) is 0.851. The lowest BCUT2D eigenvalue weighted by Crippen LogP contribution is -2.28. The predicted molar refractivity (Wildman–Crippen MR) is 102 cm³/mol. The monoisotopic (exact) mass is 328 g/mol. The van der Waals surface area contributed by atoms with Crippen LogP contribution in [0.25, 0.3) is 10.8 Å².